The monoisotopic (exact) mass is 392 g/mol. The zero-order chi connectivity index (χ0) is 19.3. The first-order valence-corrected chi connectivity index (χ1v) is 8.32. The first-order valence-electron chi connectivity index (χ1n) is 7.94. The molecule has 0 bridgehead atoms. The number of nitrogens with one attached hydrogen (secondary N) is 1. The van der Waals surface area contributed by atoms with E-state index in [1.54, 1.807) is 31.2 Å². The molecule has 0 atom stereocenters. The molecule has 1 aromatic carbocycles. The summed E-state index contributed by atoms with van der Waals surface area (Å²) in [6, 6.07) is 8.39. The highest BCUT2D eigenvalue weighted by molar-refractivity contribution is 6.32. The van der Waals surface area contributed by atoms with Crippen molar-refractivity contribution in [3.63, 3.8) is 0 Å². The van der Waals surface area contributed by atoms with Crippen LogP contribution in [0, 0.1) is 6.92 Å². The maximum absolute atomic E-state index is 13.1. The Labute approximate surface area is 155 Å². The van der Waals surface area contributed by atoms with Crippen LogP contribution < -0.4 is 5.56 Å². The van der Waals surface area contributed by atoms with Gasteiger partial charge in [0.15, 0.2) is 0 Å². The molecule has 0 fully saturated rings. The largest absolute Gasteiger partial charge is 0.406 e. The number of aryl methyl sites for hydroxylation is 1. The lowest BCUT2D eigenvalue weighted by atomic mass is 10.0. The van der Waals surface area contributed by atoms with Crippen molar-refractivity contribution in [2.24, 2.45) is 0 Å². The van der Waals surface area contributed by atoms with E-state index in [2.05, 4.69) is 15.2 Å². The fourth-order valence-corrected chi connectivity index (χ4v) is 3.42. The third kappa shape index (κ3) is 3.06. The van der Waals surface area contributed by atoms with Gasteiger partial charge in [-0.15, -0.1) is 0 Å². The van der Waals surface area contributed by atoms with Crippen LogP contribution in [0.15, 0.2) is 41.3 Å². The van der Waals surface area contributed by atoms with Gasteiger partial charge in [-0.25, -0.2) is 4.98 Å². The Balaban J connectivity index is 2.05. The van der Waals surface area contributed by atoms with Gasteiger partial charge in [0.05, 0.1) is 22.6 Å². The summed E-state index contributed by atoms with van der Waals surface area (Å²) in [5, 5.41) is 7.30. The van der Waals surface area contributed by atoms with Gasteiger partial charge in [-0.2, -0.15) is 18.3 Å². The van der Waals surface area contributed by atoms with Crippen LogP contribution in [-0.2, 0) is 6.54 Å². The molecule has 3 aromatic heterocycles. The third-order valence-electron chi connectivity index (χ3n) is 4.31. The molecule has 4 rings (SSSR count). The Morgan fingerprint density at radius 1 is 1.19 bits per heavy atom. The van der Waals surface area contributed by atoms with Gasteiger partial charge in [0.1, 0.15) is 11.7 Å². The normalized spacial score (nSPS) is 12.2. The summed E-state index contributed by atoms with van der Waals surface area (Å²) in [5.74, 6) is 0. The smallest absolute Gasteiger partial charge is 0.298 e. The van der Waals surface area contributed by atoms with Crippen LogP contribution >= 0.6 is 11.6 Å². The molecule has 0 saturated heterocycles. The summed E-state index contributed by atoms with van der Waals surface area (Å²) >= 11 is 6.19. The van der Waals surface area contributed by atoms with E-state index >= 15 is 0 Å². The zero-order valence-corrected chi connectivity index (χ0v) is 14.7. The molecule has 0 aliphatic heterocycles. The summed E-state index contributed by atoms with van der Waals surface area (Å²) in [5.41, 5.74) is 1.64. The second-order valence-corrected chi connectivity index (χ2v) is 6.55. The Kier molecular flexibility index (Phi) is 3.96. The fourth-order valence-electron chi connectivity index (χ4n) is 3.12. The van der Waals surface area contributed by atoms with Crippen molar-refractivity contribution in [2.75, 3.05) is 0 Å². The van der Waals surface area contributed by atoms with Crippen LogP contribution in [-0.4, -0.2) is 25.9 Å². The quantitative estimate of drug-likeness (QED) is 0.512. The van der Waals surface area contributed by atoms with Crippen LogP contribution in [0.4, 0.5) is 13.2 Å². The van der Waals surface area contributed by atoms with E-state index in [4.69, 9.17) is 11.6 Å². The Morgan fingerprint density at radius 3 is 2.67 bits per heavy atom. The number of halogens is 4. The summed E-state index contributed by atoms with van der Waals surface area (Å²) in [7, 11) is 0. The molecule has 27 heavy (non-hydrogen) atoms. The predicted molar refractivity (Wildman–Crippen MR) is 96.9 cm³/mol. The average Bonchev–Trinajstić information content (AvgIpc) is 3.07. The van der Waals surface area contributed by atoms with Crippen molar-refractivity contribution in [3.05, 3.63) is 57.7 Å². The van der Waals surface area contributed by atoms with E-state index in [0.29, 0.717) is 26.6 Å². The number of pyridine rings is 2. The van der Waals surface area contributed by atoms with Crippen LogP contribution in [0.5, 0.6) is 0 Å². The third-order valence-corrected chi connectivity index (χ3v) is 4.60. The number of H-pyrrole nitrogens is 1. The van der Waals surface area contributed by atoms with Gasteiger partial charge < -0.3 is 0 Å². The lowest BCUT2D eigenvalue weighted by Crippen LogP contribution is -2.28. The molecule has 0 amide bonds. The number of nitrogens with zero attached hydrogens (tertiary/aromatic N) is 3. The van der Waals surface area contributed by atoms with E-state index < -0.39 is 18.3 Å². The fraction of sp³-hybridized carbons (Fsp3) is 0.167. The van der Waals surface area contributed by atoms with Crippen LogP contribution in [0.2, 0.25) is 5.15 Å². The van der Waals surface area contributed by atoms with E-state index in [1.165, 1.54) is 12.3 Å². The van der Waals surface area contributed by atoms with E-state index in [0.717, 1.165) is 5.69 Å². The van der Waals surface area contributed by atoms with Crippen molar-refractivity contribution in [2.45, 2.75) is 19.6 Å². The number of rotatable bonds is 2. The van der Waals surface area contributed by atoms with Gasteiger partial charge in [-0.1, -0.05) is 23.7 Å². The number of hydrogen-bond acceptors (Lipinski definition) is 3. The second kappa shape index (κ2) is 6.09. The molecule has 9 heteroatoms. The van der Waals surface area contributed by atoms with Gasteiger partial charge in [-0.3, -0.25) is 14.5 Å². The van der Waals surface area contributed by atoms with Gasteiger partial charge in [-0.05, 0) is 30.7 Å². The van der Waals surface area contributed by atoms with Crippen molar-refractivity contribution in [1.29, 1.82) is 0 Å². The molecular weight excluding hydrogens is 381 g/mol. The highest BCUT2D eigenvalue weighted by Crippen LogP contribution is 2.31. The first kappa shape index (κ1) is 17.5. The molecule has 0 aliphatic rings. The maximum Gasteiger partial charge on any atom is 0.406 e. The summed E-state index contributed by atoms with van der Waals surface area (Å²) in [6.45, 7) is 0.388. The van der Waals surface area contributed by atoms with Crippen LogP contribution in [0.3, 0.4) is 0 Å². The molecule has 1 N–H and O–H groups in total. The molecule has 0 radical (unpaired) electrons. The molecular formula is C18H12ClF3N4O. The van der Waals surface area contributed by atoms with E-state index in [-0.39, 0.29) is 16.1 Å². The van der Waals surface area contributed by atoms with Crippen molar-refractivity contribution < 1.29 is 13.2 Å². The van der Waals surface area contributed by atoms with Gasteiger partial charge >= 0.3 is 6.18 Å². The molecule has 0 spiro atoms. The molecule has 3 heterocycles. The van der Waals surface area contributed by atoms with Gasteiger partial charge in [0.25, 0.3) is 5.56 Å². The number of fused-ring (bicyclic) bond motifs is 3. The SMILES string of the molecule is Cc1ccc(-c2ccc3c4[nH]ncc4c(=O)n(CC(F)(F)F)c3c2)c(Cl)n1. The number of benzene rings is 1. The van der Waals surface area contributed by atoms with Crippen LogP contribution in [0.1, 0.15) is 5.69 Å². The standard InChI is InChI=1S/C18H12ClF3N4O/c1-9-2-4-11(16(19)24-9)10-3-5-12-14(6-10)26(8-18(20,21)22)17(27)13-7-23-25-15(12)13/h2-7H,8H2,1H3,(H,23,25). The molecule has 4 aromatic rings. The predicted octanol–water partition coefficient (Wildman–Crippen LogP) is 4.46. The minimum absolute atomic E-state index is 0.106. The highest BCUT2D eigenvalue weighted by atomic mass is 35.5. The minimum Gasteiger partial charge on any atom is -0.298 e. The van der Waals surface area contributed by atoms with Crippen molar-refractivity contribution >= 4 is 33.4 Å². The molecule has 0 aliphatic carbocycles. The van der Waals surface area contributed by atoms with E-state index in [9.17, 15) is 18.0 Å². The molecule has 5 nitrogen and oxygen atoms in total. The Hall–Kier alpha value is -2.87. The maximum atomic E-state index is 13.1. The van der Waals surface area contributed by atoms with Gasteiger partial charge in [0.2, 0.25) is 0 Å². The number of alkyl halides is 3. The van der Waals surface area contributed by atoms with E-state index in [1.807, 2.05) is 0 Å². The van der Waals surface area contributed by atoms with Crippen molar-refractivity contribution in [3.8, 4) is 11.1 Å². The second-order valence-electron chi connectivity index (χ2n) is 6.19. The van der Waals surface area contributed by atoms with Crippen molar-refractivity contribution in [1.82, 2.24) is 19.7 Å². The lowest BCUT2D eigenvalue weighted by Gasteiger charge is -2.15. The number of aromatic amines is 1. The Morgan fingerprint density at radius 2 is 1.96 bits per heavy atom. The molecule has 0 saturated carbocycles. The molecule has 138 valence electrons. The number of aromatic nitrogens is 4. The first-order chi connectivity index (χ1) is 12.7. The lowest BCUT2D eigenvalue weighted by molar-refractivity contribution is -0.140. The topological polar surface area (TPSA) is 63.6 Å². The van der Waals surface area contributed by atoms with Gasteiger partial charge in [0, 0.05) is 16.6 Å². The Bertz CT molecular complexity index is 1240. The zero-order valence-electron chi connectivity index (χ0n) is 13.9. The summed E-state index contributed by atoms with van der Waals surface area (Å²) < 4.78 is 40.0. The summed E-state index contributed by atoms with van der Waals surface area (Å²) in [6.07, 6.45) is -3.31. The minimum atomic E-state index is -4.55. The average molecular weight is 393 g/mol. The summed E-state index contributed by atoms with van der Waals surface area (Å²) in [4.78, 5) is 16.8. The molecule has 0 unspecified atom stereocenters. The van der Waals surface area contributed by atoms with Crippen LogP contribution in [0.25, 0.3) is 32.9 Å². The number of hydrogen-bond donors (Lipinski definition) is 1. The highest BCUT2D eigenvalue weighted by Gasteiger charge is 2.30.